The lowest BCUT2D eigenvalue weighted by Gasteiger charge is -2.31. The van der Waals surface area contributed by atoms with E-state index in [4.69, 9.17) is 4.74 Å². The molecular weight excluding hydrogens is 484 g/mol. The van der Waals surface area contributed by atoms with Gasteiger partial charge in [0.05, 0.1) is 21.1 Å². The van der Waals surface area contributed by atoms with Gasteiger partial charge in [0, 0.05) is 30.0 Å². The van der Waals surface area contributed by atoms with Gasteiger partial charge in [-0.05, 0) is 31.5 Å². The van der Waals surface area contributed by atoms with Crippen LogP contribution >= 0.6 is 23.1 Å². The van der Waals surface area contributed by atoms with Crippen LogP contribution in [0.1, 0.15) is 39.2 Å². The summed E-state index contributed by atoms with van der Waals surface area (Å²) in [5, 5.41) is 14.4. The molecule has 0 aliphatic carbocycles. The minimum absolute atomic E-state index is 0.0000975. The number of aromatic nitrogens is 1. The molecule has 3 rings (SSSR count). The number of carbonyl (C=O) groups is 1. The van der Waals surface area contributed by atoms with Gasteiger partial charge in [0.2, 0.25) is 5.91 Å². The fourth-order valence-corrected chi connectivity index (χ4v) is 5.13. The van der Waals surface area contributed by atoms with Crippen molar-refractivity contribution in [2.45, 2.75) is 44.4 Å². The van der Waals surface area contributed by atoms with Gasteiger partial charge in [0.25, 0.3) is 5.69 Å². The number of carbonyl (C=O) groups excluding carboxylic acids is 1. The number of non-ortho nitro benzene ring substituents is 1. The second-order valence-electron chi connectivity index (χ2n) is 9.55. The maximum atomic E-state index is 12.7. The van der Waals surface area contributed by atoms with Gasteiger partial charge < -0.3 is 10.1 Å². The van der Waals surface area contributed by atoms with E-state index in [-0.39, 0.29) is 22.9 Å². The number of anilines is 1. The molecule has 0 bridgehead atoms. The molecule has 0 saturated carbocycles. The number of nitrogens with one attached hydrogen (secondary N) is 1. The van der Waals surface area contributed by atoms with E-state index in [0.29, 0.717) is 22.4 Å². The molecule has 8 nitrogen and oxygen atoms in total. The molecule has 188 valence electrons. The molecule has 2 aromatic rings. The number of piperidine rings is 1. The number of nitro benzene ring substituents is 1. The molecule has 0 radical (unpaired) electrons. The number of rotatable bonds is 10. The Bertz CT molecular complexity index is 1070. The highest BCUT2D eigenvalue weighted by Crippen LogP contribution is 2.32. The van der Waals surface area contributed by atoms with Crippen LogP contribution in [-0.2, 0) is 16.1 Å². The van der Waals surface area contributed by atoms with Crippen LogP contribution < -0.4 is 5.32 Å². The van der Waals surface area contributed by atoms with Gasteiger partial charge in [-0.15, -0.1) is 11.8 Å². The molecule has 1 aliphatic heterocycles. The molecule has 10 heteroatoms. The fourth-order valence-electron chi connectivity index (χ4n) is 3.43. The second kappa shape index (κ2) is 11.8. The largest absolute Gasteiger partial charge is 0.466 e. The molecule has 0 atom stereocenters. The monoisotopic (exact) mass is 516 g/mol. The van der Waals surface area contributed by atoms with Crippen molar-refractivity contribution in [1.82, 2.24) is 9.88 Å². The third-order valence-corrected chi connectivity index (χ3v) is 7.87. The summed E-state index contributed by atoms with van der Waals surface area (Å²) < 4.78 is 6.70. The number of thiazole rings is 1. The molecule has 1 aromatic carbocycles. The fraction of sp³-hybridized carbons (Fsp3) is 0.440. The van der Waals surface area contributed by atoms with E-state index < -0.39 is 4.92 Å². The number of nitrogens with zero attached hydrogens (tertiary/aromatic N) is 3. The molecule has 1 N–H and O–H groups in total. The molecular formula is C25H32N4O4S2. The standard InChI is InChI=1S/C25H32N4O4S2/c1-17(33-18(2)25(3,4)5)16-34-22-14-26-24(35-22)27-23(30)20-10-12-28(13-11-20)15-19-6-8-21(9-7-19)29(31)32/h6-9,14,20H,1-2,10-13,15-16H2,3-5H3,(H,26,27,30). The van der Waals surface area contributed by atoms with Gasteiger partial charge in [0.15, 0.2) is 5.13 Å². The number of allylic oxidation sites excluding steroid dienone is 1. The maximum absolute atomic E-state index is 12.7. The normalized spacial score (nSPS) is 14.9. The van der Waals surface area contributed by atoms with Gasteiger partial charge in [-0.3, -0.25) is 19.8 Å². The van der Waals surface area contributed by atoms with Crippen molar-refractivity contribution in [2.75, 3.05) is 24.2 Å². The third-order valence-electron chi connectivity index (χ3n) is 5.71. The molecule has 35 heavy (non-hydrogen) atoms. The number of thioether (sulfide) groups is 1. The molecule has 1 aliphatic rings. The Kier molecular flexibility index (Phi) is 9.09. The van der Waals surface area contributed by atoms with Crippen LogP contribution in [0.25, 0.3) is 0 Å². The minimum Gasteiger partial charge on any atom is -0.466 e. The zero-order valence-corrected chi connectivity index (χ0v) is 22.0. The van der Waals surface area contributed by atoms with Crippen molar-refractivity contribution in [3.8, 4) is 0 Å². The van der Waals surface area contributed by atoms with Crippen molar-refractivity contribution < 1.29 is 14.5 Å². The summed E-state index contributed by atoms with van der Waals surface area (Å²) in [6.45, 7) is 16.4. The third kappa shape index (κ3) is 8.19. The minimum atomic E-state index is -0.394. The van der Waals surface area contributed by atoms with Crippen molar-refractivity contribution >= 4 is 39.8 Å². The Morgan fingerprint density at radius 3 is 2.54 bits per heavy atom. The first-order valence-electron chi connectivity index (χ1n) is 11.4. The number of ether oxygens (including phenoxy) is 1. The van der Waals surface area contributed by atoms with Gasteiger partial charge in [-0.1, -0.05) is 57.4 Å². The van der Waals surface area contributed by atoms with Crippen LogP contribution in [0.3, 0.4) is 0 Å². The van der Waals surface area contributed by atoms with E-state index in [0.717, 1.165) is 42.2 Å². The van der Waals surface area contributed by atoms with Crippen molar-refractivity contribution in [2.24, 2.45) is 11.3 Å². The van der Waals surface area contributed by atoms with E-state index in [1.165, 1.54) is 23.5 Å². The smallest absolute Gasteiger partial charge is 0.269 e. The number of nitro groups is 1. The topological polar surface area (TPSA) is 97.6 Å². The van der Waals surface area contributed by atoms with Crippen LogP contribution in [0.2, 0.25) is 0 Å². The van der Waals surface area contributed by atoms with Crippen LogP contribution in [-0.4, -0.2) is 39.6 Å². The van der Waals surface area contributed by atoms with Crippen LogP contribution in [0, 0.1) is 21.4 Å². The highest BCUT2D eigenvalue weighted by molar-refractivity contribution is 8.01. The quantitative estimate of drug-likeness (QED) is 0.177. The number of likely N-dealkylation sites (tertiary alicyclic amines) is 1. The van der Waals surface area contributed by atoms with Gasteiger partial charge in [-0.25, -0.2) is 4.98 Å². The van der Waals surface area contributed by atoms with E-state index in [9.17, 15) is 14.9 Å². The predicted molar refractivity (Wildman–Crippen MR) is 141 cm³/mol. The Morgan fingerprint density at radius 2 is 1.94 bits per heavy atom. The lowest BCUT2D eigenvalue weighted by atomic mass is 9.95. The summed E-state index contributed by atoms with van der Waals surface area (Å²) in [5.41, 5.74) is 0.982. The molecule has 0 spiro atoms. The first-order valence-corrected chi connectivity index (χ1v) is 13.2. The first kappa shape index (κ1) is 26.9. The van der Waals surface area contributed by atoms with Gasteiger partial charge in [0.1, 0.15) is 11.5 Å². The van der Waals surface area contributed by atoms with E-state index in [1.807, 2.05) is 20.8 Å². The highest BCUT2D eigenvalue weighted by Gasteiger charge is 2.26. The van der Waals surface area contributed by atoms with Crippen LogP contribution in [0.5, 0.6) is 0 Å². The second-order valence-corrected chi connectivity index (χ2v) is 11.9. The average Bonchev–Trinajstić information content (AvgIpc) is 3.25. The summed E-state index contributed by atoms with van der Waals surface area (Å²) in [6, 6.07) is 6.64. The zero-order chi connectivity index (χ0) is 25.6. The molecule has 1 saturated heterocycles. The lowest BCUT2D eigenvalue weighted by molar-refractivity contribution is -0.384. The summed E-state index contributed by atoms with van der Waals surface area (Å²) in [4.78, 5) is 29.8. The number of amides is 1. The summed E-state index contributed by atoms with van der Waals surface area (Å²) >= 11 is 3.00. The van der Waals surface area contributed by atoms with Crippen molar-refractivity contribution in [1.29, 1.82) is 0 Å². The Morgan fingerprint density at radius 1 is 1.29 bits per heavy atom. The molecule has 2 heterocycles. The Balaban J connectivity index is 1.40. The molecule has 1 amide bonds. The predicted octanol–water partition coefficient (Wildman–Crippen LogP) is 6.08. The van der Waals surface area contributed by atoms with Crippen molar-refractivity contribution in [3.63, 3.8) is 0 Å². The van der Waals surface area contributed by atoms with E-state index in [1.54, 1.807) is 30.1 Å². The maximum Gasteiger partial charge on any atom is 0.269 e. The van der Waals surface area contributed by atoms with Gasteiger partial charge >= 0.3 is 0 Å². The number of hydrogen-bond acceptors (Lipinski definition) is 8. The first-order chi connectivity index (χ1) is 16.5. The Labute approximate surface area is 214 Å². The number of hydrogen-bond donors (Lipinski definition) is 1. The molecule has 1 fully saturated rings. The average molecular weight is 517 g/mol. The van der Waals surface area contributed by atoms with Crippen LogP contribution in [0.15, 0.2) is 59.3 Å². The molecule has 0 unspecified atom stereocenters. The van der Waals surface area contributed by atoms with Crippen molar-refractivity contribution in [3.05, 3.63) is 70.8 Å². The van der Waals surface area contributed by atoms with E-state index in [2.05, 4.69) is 28.4 Å². The summed E-state index contributed by atoms with van der Waals surface area (Å²) in [6.07, 6.45) is 3.28. The lowest BCUT2D eigenvalue weighted by Crippen LogP contribution is -2.37. The zero-order valence-electron chi connectivity index (χ0n) is 20.4. The van der Waals surface area contributed by atoms with E-state index >= 15 is 0 Å². The summed E-state index contributed by atoms with van der Waals surface area (Å²) in [7, 11) is 0. The SMILES string of the molecule is C=C(CSc1cnc(NC(=O)C2CCN(Cc3ccc([N+](=O)[O-])cc3)CC2)s1)OC(=C)C(C)(C)C. The molecule has 1 aromatic heterocycles. The summed E-state index contributed by atoms with van der Waals surface area (Å²) in [5.74, 6) is 1.84. The number of benzene rings is 1. The highest BCUT2D eigenvalue weighted by atomic mass is 32.2. The van der Waals surface area contributed by atoms with Crippen LogP contribution in [0.4, 0.5) is 10.8 Å². The van der Waals surface area contributed by atoms with Gasteiger partial charge in [-0.2, -0.15) is 0 Å². The Hall–Kier alpha value is -2.69.